The van der Waals surface area contributed by atoms with E-state index >= 15 is 0 Å². The lowest BCUT2D eigenvalue weighted by Gasteiger charge is -2.29. The van der Waals surface area contributed by atoms with Gasteiger partial charge in [-0.15, -0.1) is 24.8 Å². The molecule has 1 amide bonds. The summed E-state index contributed by atoms with van der Waals surface area (Å²) in [6, 6.07) is 8.40. The first-order chi connectivity index (χ1) is 11.5. The van der Waals surface area contributed by atoms with Crippen molar-refractivity contribution in [1.29, 1.82) is 0 Å². The average molecular weight is 404 g/mol. The van der Waals surface area contributed by atoms with Gasteiger partial charge in [0.2, 0.25) is 5.91 Å². The zero-order chi connectivity index (χ0) is 17.0. The van der Waals surface area contributed by atoms with Gasteiger partial charge in [0, 0.05) is 26.2 Å². The van der Waals surface area contributed by atoms with Crippen molar-refractivity contribution in [3.63, 3.8) is 0 Å². The van der Waals surface area contributed by atoms with E-state index in [9.17, 15) is 9.90 Å². The summed E-state index contributed by atoms with van der Waals surface area (Å²) in [6.45, 7) is 3.37. The number of likely N-dealkylation sites (tertiary alicyclic amines) is 1. The molecule has 148 valence electrons. The average Bonchev–Trinajstić information content (AvgIpc) is 3.04. The lowest BCUT2D eigenvalue weighted by molar-refractivity contribution is -0.126. The Morgan fingerprint density at radius 1 is 1.12 bits per heavy atom. The zero-order valence-electron chi connectivity index (χ0n) is 15.2. The Kier molecular flexibility index (Phi) is 9.34. The van der Waals surface area contributed by atoms with Crippen LogP contribution in [0.15, 0.2) is 24.3 Å². The molecule has 5 nitrogen and oxygen atoms in total. The Morgan fingerprint density at radius 2 is 1.65 bits per heavy atom. The van der Waals surface area contributed by atoms with E-state index in [-0.39, 0.29) is 36.8 Å². The number of carbonyl (C=O) groups excluding carboxylic acids is 1. The highest BCUT2D eigenvalue weighted by Crippen LogP contribution is 2.27. The molecule has 1 aromatic rings. The third-order valence-corrected chi connectivity index (χ3v) is 5.39. The van der Waals surface area contributed by atoms with Gasteiger partial charge in [0.05, 0.1) is 11.6 Å². The highest BCUT2D eigenvalue weighted by atomic mass is 35.5. The number of nitrogens with zero attached hydrogens (tertiary/aromatic N) is 1. The Labute approximate surface area is 168 Å². The van der Waals surface area contributed by atoms with Gasteiger partial charge in [-0.2, -0.15) is 0 Å². The number of nitrogens with two attached hydrogens (primary N) is 1. The maximum absolute atomic E-state index is 12.2. The molecule has 0 radical (unpaired) electrons. The van der Waals surface area contributed by atoms with Crippen LogP contribution in [-0.2, 0) is 17.9 Å². The second kappa shape index (κ2) is 10.5. The van der Waals surface area contributed by atoms with Crippen molar-refractivity contribution in [2.45, 2.75) is 63.3 Å². The summed E-state index contributed by atoms with van der Waals surface area (Å²) in [5.74, 6) is -0.0176. The van der Waals surface area contributed by atoms with Gasteiger partial charge in [-0.1, -0.05) is 37.1 Å². The monoisotopic (exact) mass is 403 g/mol. The minimum absolute atomic E-state index is 0. The lowest BCUT2D eigenvalue weighted by atomic mass is 9.98. The van der Waals surface area contributed by atoms with Gasteiger partial charge < -0.3 is 16.2 Å². The van der Waals surface area contributed by atoms with Crippen LogP contribution in [0.3, 0.4) is 0 Å². The van der Waals surface area contributed by atoms with Crippen molar-refractivity contribution in [2.24, 2.45) is 5.73 Å². The molecule has 2 fully saturated rings. The van der Waals surface area contributed by atoms with Crippen LogP contribution in [-0.4, -0.2) is 40.6 Å². The summed E-state index contributed by atoms with van der Waals surface area (Å²) < 4.78 is 0. The molecule has 3 rings (SSSR count). The van der Waals surface area contributed by atoms with Gasteiger partial charge in [0.1, 0.15) is 0 Å². The highest BCUT2D eigenvalue weighted by molar-refractivity contribution is 5.86. The summed E-state index contributed by atoms with van der Waals surface area (Å²) in [5.41, 5.74) is 7.89. The van der Waals surface area contributed by atoms with Crippen molar-refractivity contribution in [2.75, 3.05) is 13.1 Å². The van der Waals surface area contributed by atoms with Gasteiger partial charge in [-0.25, -0.2) is 0 Å². The second-order valence-corrected chi connectivity index (χ2v) is 7.37. The zero-order valence-corrected chi connectivity index (χ0v) is 16.8. The first kappa shape index (κ1) is 23.2. The molecule has 1 heterocycles. The van der Waals surface area contributed by atoms with Crippen molar-refractivity contribution >= 4 is 30.7 Å². The molecule has 0 bridgehead atoms. The van der Waals surface area contributed by atoms with E-state index in [1.54, 1.807) is 0 Å². The van der Waals surface area contributed by atoms with Gasteiger partial charge in [-0.3, -0.25) is 9.69 Å². The number of benzene rings is 1. The highest BCUT2D eigenvalue weighted by Gasteiger charge is 2.36. The van der Waals surface area contributed by atoms with Crippen LogP contribution in [0.2, 0.25) is 0 Å². The van der Waals surface area contributed by atoms with Gasteiger partial charge in [-0.05, 0) is 36.8 Å². The van der Waals surface area contributed by atoms with Crippen LogP contribution >= 0.6 is 24.8 Å². The summed E-state index contributed by atoms with van der Waals surface area (Å²) in [6.07, 6.45) is 5.29. The molecule has 0 spiro atoms. The second-order valence-electron chi connectivity index (χ2n) is 7.37. The topological polar surface area (TPSA) is 78.6 Å². The fourth-order valence-corrected chi connectivity index (χ4v) is 3.69. The smallest absolute Gasteiger partial charge is 0.240 e. The molecule has 0 atom stereocenters. The molecule has 7 heteroatoms. The number of aliphatic hydroxyl groups is 1. The minimum Gasteiger partial charge on any atom is -0.393 e. The van der Waals surface area contributed by atoms with Crippen LogP contribution in [0.4, 0.5) is 0 Å². The molecule has 1 aliphatic carbocycles. The Balaban J connectivity index is 0.00000169. The third-order valence-electron chi connectivity index (χ3n) is 5.39. The maximum Gasteiger partial charge on any atom is 0.240 e. The molecular weight excluding hydrogens is 373 g/mol. The van der Waals surface area contributed by atoms with E-state index in [4.69, 9.17) is 5.73 Å². The van der Waals surface area contributed by atoms with Crippen LogP contribution in [0.25, 0.3) is 0 Å². The minimum atomic E-state index is -0.654. The number of aliphatic hydroxyl groups excluding tert-OH is 1. The summed E-state index contributed by atoms with van der Waals surface area (Å²) in [5, 5.41) is 12.5. The first-order valence-electron chi connectivity index (χ1n) is 9.11. The normalized spacial score (nSPS) is 20.1. The largest absolute Gasteiger partial charge is 0.393 e. The van der Waals surface area contributed by atoms with Crippen LogP contribution in [0, 0.1) is 0 Å². The Hall–Kier alpha value is -0.850. The Morgan fingerprint density at radius 3 is 2.23 bits per heavy atom. The van der Waals surface area contributed by atoms with E-state index in [1.165, 1.54) is 5.56 Å². The van der Waals surface area contributed by atoms with E-state index in [0.29, 0.717) is 6.54 Å². The molecule has 26 heavy (non-hydrogen) atoms. The van der Waals surface area contributed by atoms with Crippen LogP contribution in [0.1, 0.15) is 49.7 Å². The van der Waals surface area contributed by atoms with Gasteiger partial charge in [0.25, 0.3) is 0 Å². The quantitative estimate of drug-likeness (QED) is 0.704. The molecule has 2 aliphatic rings. The molecule has 1 saturated heterocycles. The molecule has 0 aromatic heterocycles. The SMILES string of the molecule is Cl.Cl.NC1(C(=O)NCc2ccc(CN3CCC(O)CC3)cc2)CCCC1. The predicted octanol–water partition coefficient (Wildman–Crippen LogP) is 2.37. The van der Waals surface area contributed by atoms with E-state index < -0.39 is 5.54 Å². The fraction of sp³-hybridized carbons (Fsp3) is 0.632. The fourth-order valence-electron chi connectivity index (χ4n) is 3.69. The lowest BCUT2D eigenvalue weighted by Crippen LogP contribution is -2.51. The van der Waals surface area contributed by atoms with Crippen molar-refractivity contribution in [1.82, 2.24) is 10.2 Å². The van der Waals surface area contributed by atoms with Crippen molar-refractivity contribution < 1.29 is 9.90 Å². The van der Waals surface area contributed by atoms with Crippen LogP contribution in [0.5, 0.6) is 0 Å². The molecule has 1 saturated carbocycles. The number of rotatable bonds is 5. The number of hydrogen-bond donors (Lipinski definition) is 3. The number of halogens is 2. The van der Waals surface area contributed by atoms with E-state index in [1.807, 2.05) is 0 Å². The molecular formula is C19H31Cl2N3O2. The van der Waals surface area contributed by atoms with Crippen LogP contribution < -0.4 is 11.1 Å². The van der Waals surface area contributed by atoms with Gasteiger partial charge >= 0.3 is 0 Å². The predicted molar refractivity (Wildman–Crippen MR) is 109 cm³/mol. The first-order valence-corrected chi connectivity index (χ1v) is 9.11. The number of hydrogen-bond acceptors (Lipinski definition) is 4. The molecule has 4 N–H and O–H groups in total. The summed E-state index contributed by atoms with van der Waals surface area (Å²) in [7, 11) is 0. The number of amides is 1. The number of piperidine rings is 1. The number of carbonyl (C=O) groups is 1. The molecule has 1 aliphatic heterocycles. The maximum atomic E-state index is 12.2. The summed E-state index contributed by atoms with van der Waals surface area (Å²) >= 11 is 0. The standard InChI is InChI=1S/C19H29N3O2.2ClH/c20-19(9-1-2-10-19)18(24)21-13-15-3-5-16(6-4-15)14-22-11-7-17(23)8-12-22;;/h3-6,17,23H,1-2,7-14,20H2,(H,21,24);2*1H. The van der Waals surface area contributed by atoms with Crippen molar-refractivity contribution in [3.8, 4) is 0 Å². The number of nitrogens with one attached hydrogen (secondary N) is 1. The summed E-state index contributed by atoms with van der Waals surface area (Å²) in [4.78, 5) is 14.6. The van der Waals surface area contributed by atoms with Crippen molar-refractivity contribution in [3.05, 3.63) is 35.4 Å². The Bertz CT molecular complexity index is 554. The van der Waals surface area contributed by atoms with E-state index in [0.717, 1.165) is 63.7 Å². The third kappa shape index (κ3) is 6.10. The van der Waals surface area contributed by atoms with E-state index in [2.05, 4.69) is 34.5 Å². The van der Waals surface area contributed by atoms with Gasteiger partial charge in [0.15, 0.2) is 0 Å². The molecule has 0 unspecified atom stereocenters. The molecule has 1 aromatic carbocycles.